The number of allylic oxidation sites excluding steroid dienone is 3. The minimum Gasteiger partial charge on any atom is -0.392 e. The molecule has 1 nitrogen and oxygen atoms in total. The van der Waals surface area contributed by atoms with E-state index >= 15 is 0 Å². The first-order valence-corrected chi connectivity index (χ1v) is 16.8. The predicted molar refractivity (Wildman–Crippen MR) is 106 cm³/mol. The second kappa shape index (κ2) is 5.99. The molecule has 3 heteroatoms. The Kier molecular flexibility index (Phi) is 4.61. The van der Waals surface area contributed by atoms with Gasteiger partial charge in [-0.05, 0) is 55.6 Å². The molecule has 0 aromatic rings. The number of rotatable bonds is 2. The predicted octanol–water partition coefficient (Wildman–Crippen LogP) is 5.70. The van der Waals surface area contributed by atoms with E-state index in [0.717, 1.165) is 6.42 Å². The molecular formula is C20H36OSi2. The summed E-state index contributed by atoms with van der Waals surface area (Å²) in [5.74, 6) is 1.14. The fourth-order valence-corrected chi connectivity index (χ4v) is 11.0. The molecule has 0 saturated heterocycles. The van der Waals surface area contributed by atoms with E-state index in [1.54, 1.807) is 16.3 Å². The Hall–Kier alpha value is -0.126. The molecule has 0 bridgehead atoms. The van der Waals surface area contributed by atoms with Gasteiger partial charge in [0.2, 0.25) is 0 Å². The molecule has 0 amide bonds. The first-order valence-electron chi connectivity index (χ1n) is 9.78. The zero-order chi connectivity index (χ0) is 17.0. The van der Waals surface area contributed by atoms with E-state index in [4.69, 9.17) is 0 Å². The van der Waals surface area contributed by atoms with Crippen LogP contribution < -0.4 is 0 Å². The van der Waals surface area contributed by atoms with Crippen LogP contribution in [0.5, 0.6) is 0 Å². The van der Waals surface area contributed by atoms with Crippen molar-refractivity contribution in [1.29, 1.82) is 0 Å². The highest BCUT2D eigenvalue weighted by Gasteiger charge is 2.48. The van der Waals surface area contributed by atoms with Gasteiger partial charge < -0.3 is 5.11 Å². The molecule has 2 fully saturated rings. The molecule has 3 rings (SSSR count). The minimum absolute atomic E-state index is 0.0854. The Morgan fingerprint density at radius 3 is 1.78 bits per heavy atom. The van der Waals surface area contributed by atoms with Crippen molar-refractivity contribution < 1.29 is 5.11 Å². The van der Waals surface area contributed by atoms with Gasteiger partial charge in [-0.15, -0.1) is 0 Å². The zero-order valence-electron chi connectivity index (χ0n) is 16.1. The summed E-state index contributed by atoms with van der Waals surface area (Å²) >= 11 is 0. The smallest absolute Gasteiger partial charge is 0.0733 e. The van der Waals surface area contributed by atoms with Gasteiger partial charge in [-0.25, -0.2) is 0 Å². The largest absolute Gasteiger partial charge is 0.392 e. The van der Waals surface area contributed by atoms with Gasteiger partial charge in [0.25, 0.3) is 0 Å². The summed E-state index contributed by atoms with van der Waals surface area (Å²) in [6, 6.07) is 0. The zero-order valence-corrected chi connectivity index (χ0v) is 18.1. The van der Waals surface area contributed by atoms with Crippen molar-refractivity contribution in [3.63, 3.8) is 0 Å². The highest BCUT2D eigenvalue weighted by Crippen LogP contribution is 2.54. The van der Waals surface area contributed by atoms with Gasteiger partial charge in [0, 0.05) is 5.92 Å². The van der Waals surface area contributed by atoms with Crippen LogP contribution in [0.2, 0.25) is 39.3 Å². The quantitative estimate of drug-likeness (QED) is 0.635. The molecule has 3 aliphatic carbocycles. The average molecular weight is 349 g/mol. The van der Waals surface area contributed by atoms with Crippen LogP contribution in [0.4, 0.5) is 0 Å². The molecule has 0 aromatic heterocycles. The van der Waals surface area contributed by atoms with E-state index in [9.17, 15) is 5.11 Å². The summed E-state index contributed by atoms with van der Waals surface area (Å²) in [5, 5.41) is 14.6. The second-order valence-electron chi connectivity index (χ2n) is 10.1. The summed E-state index contributed by atoms with van der Waals surface area (Å²) in [4.78, 5) is 0. The van der Waals surface area contributed by atoms with Crippen molar-refractivity contribution in [2.45, 2.75) is 90.3 Å². The van der Waals surface area contributed by atoms with E-state index in [0.29, 0.717) is 11.8 Å². The third-order valence-corrected chi connectivity index (χ3v) is 10.8. The Morgan fingerprint density at radius 2 is 1.26 bits per heavy atom. The minimum atomic E-state index is -1.40. The highest BCUT2D eigenvalue weighted by atomic mass is 28.3. The third-order valence-electron chi connectivity index (χ3n) is 6.30. The van der Waals surface area contributed by atoms with Gasteiger partial charge in [0.15, 0.2) is 0 Å². The van der Waals surface area contributed by atoms with Gasteiger partial charge in [-0.2, -0.15) is 0 Å². The molecule has 0 heterocycles. The van der Waals surface area contributed by atoms with E-state index in [-0.39, 0.29) is 6.10 Å². The summed E-state index contributed by atoms with van der Waals surface area (Å²) < 4.78 is 0. The fraction of sp³-hybridized carbons (Fsp3) is 0.800. The molecule has 130 valence electrons. The number of aliphatic hydroxyl groups excluding tert-OH is 1. The van der Waals surface area contributed by atoms with Gasteiger partial charge in [-0.3, -0.25) is 0 Å². The molecule has 1 N–H and O–H groups in total. The lowest BCUT2D eigenvalue weighted by Crippen LogP contribution is -2.49. The molecule has 0 unspecified atom stereocenters. The normalized spacial score (nSPS) is 32.7. The monoisotopic (exact) mass is 348 g/mol. The third kappa shape index (κ3) is 3.09. The number of fused-ring (bicyclic) bond motifs is 2. The molecule has 0 spiro atoms. The van der Waals surface area contributed by atoms with Crippen LogP contribution in [-0.2, 0) is 0 Å². The van der Waals surface area contributed by atoms with Crippen molar-refractivity contribution in [2.24, 2.45) is 11.8 Å². The SMILES string of the molecule is C[Si](C)(C)C1=C2CCCCC2=C([Si](C)(C)C)[C@H]2CCC[C@H](O)[C@@H]12. The van der Waals surface area contributed by atoms with E-state index in [1.807, 2.05) is 5.20 Å². The van der Waals surface area contributed by atoms with Crippen molar-refractivity contribution in [1.82, 2.24) is 0 Å². The molecular weight excluding hydrogens is 312 g/mol. The lowest BCUT2D eigenvalue weighted by atomic mass is 9.69. The fourth-order valence-electron chi connectivity index (χ4n) is 5.78. The first kappa shape index (κ1) is 17.7. The van der Waals surface area contributed by atoms with Crippen LogP contribution in [0.3, 0.4) is 0 Å². The Bertz CT molecular complexity index is 545. The number of aliphatic hydroxyl groups is 1. The summed E-state index contributed by atoms with van der Waals surface area (Å²) in [6.45, 7) is 15.2. The van der Waals surface area contributed by atoms with E-state index in [1.165, 1.54) is 38.5 Å². The Morgan fingerprint density at radius 1 is 0.739 bits per heavy atom. The van der Waals surface area contributed by atoms with Crippen molar-refractivity contribution in [3.05, 3.63) is 21.5 Å². The summed E-state index contributed by atoms with van der Waals surface area (Å²) in [7, 11) is -2.74. The molecule has 3 atom stereocenters. The van der Waals surface area contributed by atoms with Crippen molar-refractivity contribution in [3.8, 4) is 0 Å². The second-order valence-corrected chi connectivity index (χ2v) is 20.2. The summed E-state index contributed by atoms with van der Waals surface area (Å²) in [6.07, 6.45) is 8.84. The van der Waals surface area contributed by atoms with Gasteiger partial charge in [-0.1, -0.05) is 56.1 Å². The average Bonchev–Trinajstić information content (AvgIpc) is 2.42. The van der Waals surface area contributed by atoms with Crippen molar-refractivity contribution >= 4 is 16.1 Å². The van der Waals surface area contributed by atoms with Gasteiger partial charge in [0.1, 0.15) is 0 Å². The van der Waals surface area contributed by atoms with Crippen LogP contribution in [-0.4, -0.2) is 27.4 Å². The van der Waals surface area contributed by atoms with E-state index < -0.39 is 16.1 Å². The number of hydrogen-bond acceptors (Lipinski definition) is 1. The maximum atomic E-state index is 11.0. The van der Waals surface area contributed by atoms with Gasteiger partial charge in [0.05, 0.1) is 22.3 Å². The molecule has 0 aromatic carbocycles. The van der Waals surface area contributed by atoms with Crippen LogP contribution >= 0.6 is 0 Å². The van der Waals surface area contributed by atoms with Crippen LogP contribution in [0.1, 0.15) is 44.9 Å². The molecule has 0 aliphatic heterocycles. The van der Waals surface area contributed by atoms with Crippen LogP contribution in [0, 0.1) is 11.8 Å². The maximum absolute atomic E-state index is 11.0. The Balaban J connectivity index is 2.26. The molecule has 23 heavy (non-hydrogen) atoms. The first-order chi connectivity index (χ1) is 10.6. The standard InChI is InChI=1S/C20H36OSi2/c1-22(2,3)19-14-10-7-8-11-15(14)20(23(4,5)6)18-16(19)12-9-13-17(18)21/h16-18,21H,7-13H2,1-6H3/t16-,17-,18-/m0/s1. The maximum Gasteiger partial charge on any atom is 0.0733 e. The number of hydrogen-bond donors (Lipinski definition) is 1. The highest BCUT2D eigenvalue weighted by molar-refractivity contribution is 6.84. The van der Waals surface area contributed by atoms with Crippen LogP contribution in [0.15, 0.2) is 21.5 Å². The van der Waals surface area contributed by atoms with E-state index in [2.05, 4.69) is 39.3 Å². The summed E-state index contributed by atoms with van der Waals surface area (Å²) in [5.41, 5.74) is 3.54. The van der Waals surface area contributed by atoms with Gasteiger partial charge >= 0.3 is 0 Å². The van der Waals surface area contributed by atoms with Crippen LogP contribution in [0.25, 0.3) is 0 Å². The van der Waals surface area contributed by atoms with Crippen molar-refractivity contribution in [2.75, 3.05) is 0 Å². The topological polar surface area (TPSA) is 20.2 Å². The molecule has 2 saturated carbocycles. The lowest BCUT2D eigenvalue weighted by Gasteiger charge is -2.51. The Labute approximate surface area is 145 Å². The molecule has 3 aliphatic rings. The lowest BCUT2D eigenvalue weighted by molar-refractivity contribution is 0.0648. The molecule has 0 radical (unpaired) electrons.